The predicted molar refractivity (Wildman–Crippen MR) is 103 cm³/mol. The number of hydrogen-bond donors (Lipinski definition) is 1. The number of sulfonamides is 1. The molecule has 10 heteroatoms. The first-order valence-corrected chi connectivity index (χ1v) is 10.9. The number of nitrogens with zero attached hydrogens (tertiary/aromatic N) is 1. The molecule has 1 amide bonds. The summed E-state index contributed by atoms with van der Waals surface area (Å²) in [6, 6.07) is 5.92. The molecule has 6 nitrogen and oxygen atoms in total. The van der Waals surface area contributed by atoms with E-state index in [0.717, 1.165) is 4.88 Å². The lowest BCUT2D eigenvalue weighted by Crippen LogP contribution is -2.42. The molecule has 2 heterocycles. The average molecular weight is 435 g/mol. The molecular formula is C16H16Cl2N2O4S2. The smallest absolute Gasteiger partial charge is 0.263 e. The standard InChI is InChI=1S/C16H16Cl2N2O4S2/c17-11-1-2-15(12(18)9-11)26(22,23)19-13-4-8-25-14(13)3-5-20-6-7-24-10-16(20)21/h1-2,4,8-9,19H,3,5-7,10H2. The fraction of sp³-hybridized carbons (Fsp3) is 0.312. The number of amides is 1. The number of halogens is 2. The average Bonchev–Trinajstić information content (AvgIpc) is 3.00. The second kappa shape index (κ2) is 8.14. The van der Waals surface area contributed by atoms with Crippen molar-refractivity contribution in [2.24, 2.45) is 0 Å². The van der Waals surface area contributed by atoms with E-state index in [1.807, 2.05) is 0 Å². The van der Waals surface area contributed by atoms with Gasteiger partial charge in [-0.1, -0.05) is 23.2 Å². The molecule has 0 saturated carbocycles. The van der Waals surface area contributed by atoms with Gasteiger partial charge < -0.3 is 9.64 Å². The summed E-state index contributed by atoms with van der Waals surface area (Å²) in [6.07, 6.45) is 0.551. The van der Waals surface area contributed by atoms with E-state index in [0.29, 0.717) is 36.8 Å². The van der Waals surface area contributed by atoms with Crippen LogP contribution in [0.15, 0.2) is 34.5 Å². The normalized spacial score (nSPS) is 15.3. The lowest BCUT2D eigenvalue weighted by molar-refractivity contribution is -0.142. The van der Waals surface area contributed by atoms with E-state index in [2.05, 4.69) is 4.72 Å². The predicted octanol–water partition coefficient (Wildman–Crippen LogP) is 3.26. The maximum atomic E-state index is 12.6. The molecule has 0 atom stereocenters. The topological polar surface area (TPSA) is 75.7 Å². The Hall–Kier alpha value is -1.32. The van der Waals surface area contributed by atoms with Gasteiger partial charge in [-0.25, -0.2) is 8.42 Å². The van der Waals surface area contributed by atoms with Crippen LogP contribution >= 0.6 is 34.5 Å². The first kappa shape index (κ1) is 19.4. The molecule has 1 aliphatic heterocycles. The van der Waals surface area contributed by atoms with Gasteiger partial charge in [-0.15, -0.1) is 11.3 Å². The summed E-state index contributed by atoms with van der Waals surface area (Å²) in [7, 11) is -3.84. The third-order valence-corrected chi connectivity index (χ3v) is 6.93. The second-order valence-corrected chi connectivity index (χ2v) is 9.12. The number of nitrogens with one attached hydrogen (secondary N) is 1. The quantitative estimate of drug-likeness (QED) is 0.756. The van der Waals surface area contributed by atoms with Crippen molar-refractivity contribution in [2.75, 3.05) is 31.0 Å². The van der Waals surface area contributed by atoms with E-state index in [-0.39, 0.29) is 22.4 Å². The van der Waals surface area contributed by atoms with Gasteiger partial charge in [0.25, 0.3) is 10.0 Å². The number of anilines is 1. The van der Waals surface area contributed by atoms with Gasteiger partial charge in [0.1, 0.15) is 11.5 Å². The van der Waals surface area contributed by atoms with Crippen LogP contribution in [0.3, 0.4) is 0 Å². The van der Waals surface area contributed by atoms with Crippen LogP contribution in [0.2, 0.25) is 10.0 Å². The zero-order valence-electron chi connectivity index (χ0n) is 13.6. The van der Waals surface area contributed by atoms with Crippen molar-refractivity contribution in [1.29, 1.82) is 0 Å². The van der Waals surface area contributed by atoms with Gasteiger partial charge >= 0.3 is 0 Å². The van der Waals surface area contributed by atoms with E-state index in [1.54, 1.807) is 16.3 Å². The summed E-state index contributed by atoms with van der Waals surface area (Å²) in [5, 5.41) is 2.22. The van der Waals surface area contributed by atoms with Crippen LogP contribution in [-0.2, 0) is 26.0 Å². The van der Waals surface area contributed by atoms with E-state index in [9.17, 15) is 13.2 Å². The third-order valence-electron chi connectivity index (χ3n) is 3.87. The van der Waals surface area contributed by atoms with Crippen LogP contribution in [0.25, 0.3) is 0 Å². The maximum Gasteiger partial charge on any atom is 0.263 e. The highest BCUT2D eigenvalue weighted by Crippen LogP contribution is 2.30. The Kier molecular flexibility index (Phi) is 6.09. The van der Waals surface area contributed by atoms with E-state index in [4.69, 9.17) is 27.9 Å². The minimum Gasteiger partial charge on any atom is -0.370 e. The molecule has 140 valence electrons. The highest BCUT2D eigenvalue weighted by Gasteiger charge is 2.22. The van der Waals surface area contributed by atoms with Gasteiger partial charge in [-0.2, -0.15) is 0 Å². The molecule has 3 rings (SSSR count). The van der Waals surface area contributed by atoms with E-state index < -0.39 is 10.0 Å². The number of hydrogen-bond acceptors (Lipinski definition) is 5. The molecule has 1 fully saturated rings. The molecule has 26 heavy (non-hydrogen) atoms. The van der Waals surface area contributed by atoms with Crippen LogP contribution in [0.1, 0.15) is 4.88 Å². The van der Waals surface area contributed by atoms with Gasteiger partial charge in [0.2, 0.25) is 5.91 Å². The monoisotopic (exact) mass is 434 g/mol. The van der Waals surface area contributed by atoms with Gasteiger partial charge in [0, 0.05) is 29.4 Å². The first-order chi connectivity index (χ1) is 12.4. The lowest BCUT2D eigenvalue weighted by Gasteiger charge is -2.26. The van der Waals surface area contributed by atoms with Crippen LogP contribution < -0.4 is 4.72 Å². The number of carbonyl (C=O) groups excluding carboxylic acids is 1. The molecule has 0 radical (unpaired) electrons. The molecule has 0 unspecified atom stereocenters. The van der Waals surface area contributed by atoms with Gasteiger partial charge in [-0.3, -0.25) is 9.52 Å². The summed E-state index contributed by atoms with van der Waals surface area (Å²) in [6.45, 7) is 1.68. The number of morpholine rings is 1. The Labute approximate surface area is 165 Å². The number of carbonyl (C=O) groups is 1. The second-order valence-electron chi connectivity index (χ2n) is 5.62. The molecule has 1 aromatic carbocycles. The van der Waals surface area contributed by atoms with Crippen molar-refractivity contribution in [3.8, 4) is 0 Å². The van der Waals surface area contributed by atoms with Crippen molar-refractivity contribution < 1.29 is 17.9 Å². The van der Waals surface area contributed by atoms with Crippen molar-refractivity contribution >= 4 is 56.2 Å². The molecular weight excluding hydrogens is 419 g/mol. The fourth-order valence-corrected chi connectivity index (χ4v) is 5.30. The number of benzene rings is 1. The Morgan fingerprint density at radius 1 is 1.27 bits per heavy atom. The molecule has 1 aromatic heterocycles. The molecule has 0 bridgehead atoms. The Morgan fingerprint density at radius 3 is 2.81 bits per heavy atom. The minimum atomic E-state index is -3.84. The van der Waals surface area contributed by atoms with E-state index >= 15 is 0 Å². The Balaban J connectivity index is 1.72. The Morgan fingerprint density at radius 2 is 2.08 bits per heavy atom. The first-order valence-electron chi connectivity index (χ1n) is 7.76. The van der Waals surface area contributed by atoms with Crippen LogP contribution in [0.4, 0.5) is 5.69 Å². The van der Waals surface area contributed by atoms with Crippen molar-refractivity contribution in [2.45, 2.75) is 11.3 Å². The number of thiophene rings is 1. The van der Waals surface area contributed by atoms with Crippen LogP contribution in [-0.4, -0.2) is 45.5 Å². The molecule has 2 aromatic rings. The molecule has 0 spiro atoms. The van der Waals surface area contributed by atoms with Crippen molar-refractivity contribution in [1.82, 2.24) is 4.90 Å². The summed E-state index contributed by atoms with van der Waals surface area (Å²) in [4.78, 5) is 14.3. The largest absolute Gasteiger partial charge is 0.370 e. The van der Waals surface area contributed by atoms with Gasteiger partial charge in [0.05, 0.1) is 17.3 Å². The van der Waals surface area contributed by atoms with Crippen molar-refractivity contribution in [3.05, 3.63) is 44.6 Å². The van der Waals surface area contributed by atoms with Crippen LogP contribution in [0.5, 0.6) is 0 Å². The summed E-state index contributed by atoms with van der Waals surface area (Å²) in [5.41, 5.74) is 0.488. The maximum absolute atomic E-state index is 12.6. The third kappa shape index (κ3) is 4.50. The summed E-state index contributed by atoms with van der Waals surface area (Å²) < 4.78 is 32.9. The molecule has 1 saturated heterocycles. The fourth-order valence-electron chi connectivity index (χ4n) is 2.54. The van der Waals surface area contributed by atoms with Gasteiger partial charge in [-0.05, 0) is 29.6 Å². The minimum absolute atomic E-state index is 0.0379. The lowest BCUT2D eigenvalue weighted by atomic mass is 10.3. The van der Waals surface area contributed by atoms with Gasteiger partial charge in [0.15, 0.2) is 0 Å². The zero-order chi connectivity index (χ0) is 18.7. The SMILES string of the molecule is O=C1COCCN1CCc1sccc1NS(=O)(=O)c1ccc(Cl)cc1Cl. The van der Waals surface area contributed by atoms with Crippen LogP contribution in [0, 0.1) is 0 Å². The summed E-state index contributed by atoms with van der Waals surface area (Å²) >= 11 is 13.3. The number of ether oxygens (including phenoxy) is 1. The zero-order valence-corrected chi connectivity index (χ0v) is 16.7. The highest BCUT2D eigenvalue weighted by atomic mass is 35.5. The van der Waals surface area contributed by atoms with Crippen molar-refractivity contribution in [3.63, 3.8) is 0 Å². The molecule has 1 N–H and O–H groups in total. The number of rotatable bonds is 6. The highest BCUT2D eigenvalue weighted by molar-refractivity contribution is 7.92. The molecule has 0 aliphatic carbocycles. The summed E-state index contributed by atoms with van der Waals surface area (Å²) in [5.74, 6) is -0.0529. The molecule has 1 aliphatic rings. The van der Waals surface area contributed by atoms with E-state index in [1.165, 1.54) is 29.5 Å². The Bertz CT molecular complexity index is 915.